The molecule has 0 radical (unpaired) electrons. The SMILES string of the molecule is NCc1cn(CCC2C3CC4CC(C3)CC2C4)cn1. The molecule has 3 nitrogen and oxygen atoms in total. The standard InChI is InChI=1S/C16H25N3/c17-8-15-9-19(10-18-15)2-1-16-13-4-11-3-12(6-13)7-14(16)5-11/h9-14,16H,1-8,17H2. The molecule has 0 spiro atoms. The minimum Gasteiger partial charge on any atom is -0.337 e. The molecular formula is C16H25N3. The lowest BCUT2D eigenvalue weighted by atomic mass is 9.51. The van der Waals surface area contributed by atoms with E-state index in [1.54, 1.807) is 6.42 Å². The van der Waals surface area contributed by atoms with Crippen LogP contribution in [0.25, 0.3) is 0 Å². The van der Waals surface area contributed by atoms with Crippen LogP contribution in [0.4, 0.5) is 0 Å². The van der Waals surface area contributed by atoms with E-state index in [0.29, 0.717) is 6.54 Å². The lowest BCUT2D eigenvalue weighted by Gasteiger charge is -2.54. The lowest BCUT2D eigenvalue weighted by molar-refractivity contribution is -0.0410. The van der Waals surface area contributed by atoms with Gasteiger partial charge in [0.2, 0.25) is 0 Å². The molecule has 19 heavy (non-hydrogen) atoms. The first-order valence-electron chi connectivity index (χ1n) is 8.02. The van der Waals surface area contributed by atoms with E-state index >= 15 is 0 Å². The molecule has 4 saturated carbocycles. The second kappa shape index (κ2) is 4.62. The molecule has 0 saturated heterocycles. The molecule has 4 fully saturated rings. The summed E-state index contributed by atoms with van der Waals surface area (Å²) in [6.45, 7) is 1.70. The highest BCUT2D eigenvalue weighted by Gasteiger charge is 2.47. The van der Waals surface area contributed by atoms with Crippen LogP contribution >= 0.6 is 0 Å². The maximum atomic E-state index is 5.62. The van der Waals surface area contributed by atoms with E-state index in [-0.39, 0.29) is 0 Å². The van der Waals surface area contributed by atoms with Crippen LogP contribution in [0.3, 0.4) is 0 Å². The summed E-state index contributed by atoms with van der Waals surface area (Å²) >= 11 is 0. The second-order valence-corrected chi connectivity index (χ2v) is 7.19. The number of hydrogen-bond donors (Lipinski definition) is 1. The van der Waals surface area contributed by atoms with E-state index < -0.39 is 0 Å². The van der Waals surface area contributed by atoms with Crippen molar-refractivity contribution in [2.24, 2.45) is 35.3 Å². The summed E-state index contributed by atoms with van der Waals surface area (Å²) in [5, 5.41) is 0. The van der Waals surface area contributed by atoms with Gasteiger partial charge in [-0.1, -0.05) is 0 Å². The molecule has 0 aliphatic heterocycles. The summed E-state index contributed by atoms with van der Waals surface area (Å²) in [6.07, 6.45) is 13.1. The molecule has 1 heterocycles. The van der Waals surface area contributed by atoms with Gasteiger partial charge in [-0.15, -0.1) is 0 Å². The monoisotopic (exact) mass is 259 g/mol. The zero-order chi connectivity index (χ0) is 12.8. The Morgan fingerprint density at radius 3 is 2.37 bits per heavy atom. The van der Waals surface area contributed by atoms with Gasteiger partial charge in [0.15, 0.2) is 0 Å². The van der Waals surface area contributed by atoms with Crippen LogP contribution in [-0.4, -0.2) is 9.55 Å². The number of nitrogens with zero attached hydrogens (tertiary/aromatic N) is 2. The van der Waals surface area contributed by atoms with Crippen LogP contribution in [-0.2, 0) is 13.1 Å². The normalized spacial score (nSPS) is 39.9. The molecule has 0 atom stereocenters. The third kappa shape index (κ3) is 2.12. The van der Waals surface area contributed by atoms with Crippen molar-refractivity contribution in [2.45, 2.75) is 51.6 Å². The number of aryl methyl sites for hydroxylation is 1. The molecule has 104 valence electrons. The summed E-state index contributed by atoms with van der Waals surface area (Å²) in [5.41, 5.74) is 6.64. The maximum absolute atomic E-state index is 5.62. The number of imidazole rings is 1. The Morgan fingerprint density at radius 1 is 1.11 bits per heavy atom. The molecule has 4 aliphatic rings. The zero-order valence-electron chi connectivity index (χ0n) is 11.7. The second-order valence-electron chi connectivity index (χ2n) is 7.19. The summed E-state index contributed by atoms with van der Waals surface area (Å²) in [7, 11) is 0. The van der Waals surface area contributed by atoms with Crippen LogP contribution in [0.1, 0.15) is 44.2 Å². The molecule has 4 bridgehead atoms. The quantitative estimate of drug-likeness (QED) is 0.903. The minimum absolute atomic E-state index is 0.561. The van der Waals surface area contributed by atoms with Gasteiger partial charge < -0.3 is 10.3 Å². The first-order chi connectivity index (χ1) is 9.31. The highest BCUT2D eigenvalue weighted by molar-refractivity contribution is 4.99. The summed E-state index contributed by atoms with van der Waals surface area (Å²) in [4.78, 5) is 4.33. The Labute approximate surface area is 115 Å². The van der Waals surface area contributed by atoms with Crippen LogP contribution in [0.2, 0.25) is 0 Å². The molecule has 0 aromatic carbocycles. The predicted octanol–water partition coefficient (Wildman–Crippen LogP) is 2.80. The molecule has 4 aliphatic carbocycles. The van der Waals surface area contributed by atoms with Crippen molar-refractivity contribution in [3.63, 3.8) is 0 Å². The summed E-state index contributed by atoms with van der Waals surface area (Å²) in [6, 6.07) is 0. The average molecular weight is 259 g/mol. The van der Waals surface area contributed by atoms with Crippen molar-refractivity contribution in [3.05, 3.63) is 18.2 Å². The van der Waals surface area contributed by atoms with Crippen molar-refractivity contribution in [3.8, 4) is 0 Å². The van der Waals surface area contributed by atoms with Gasteiger partial charge in [0, 0.05) is 19.3 Å². The maximum Gasteiger partial charge on any atom is 0.0949 e. The minimum atomic E-state index is 0.561. The molecule has 0 amide bonds. The average Bonchev–Trinajstić information content (AvgIpc) is 2.85. The van der Waals surface area contributed by atoms with Crippen LogP contribution in [0.15, 0.2) is 12.5 Å². The van der Waals surface area contributed by atoms with Crippen LogP contribution in [0, 0.1) is 29.6 Å². The van der Waals surface area contributed by atoms with Crippen molar-refractivity contribution < 1.29 is 0 Å². The molecular weight excluding hydrogens is 234 g/mol. The first-order valence-corrected chi connectivity index (χ1v) is 8.02. The molecule has 0 unspecified atom stereocenters. The van der Waals surface area contributed by atoms with Crippen molar-refractivity contribution in [2.75, 3.05) is 0 Å². The van der Waals surface area contributed by atoms with Crippen LogP contribution in [0.5, 0.6) is 0 Å². The lowest BCUT2D eigenvalue weighted by Crippen LogP contribution is -2.45. The highest BCUT2D eigenvalue weighted by Crippen LogP contribution is 2.57. The number of rotatable bonds is 4. The van der Waals surface area contributed by atoms with Crippen molar-refractivity contribution in [1.82, 2.24) is 9.55 Å². The molecule has 1 aromatic rings. The fourth-order valence-corrected chi connectivity index (χ4v) is 5.44. The fraction of sp³-hybridized carbons (Fsp3) is 0.812. The molecule has 1 aromatic heterocycles. The van der Waals surface area contributed by atoms with Gasteiger partial charge in [-0.05, 0) is 68.1 Å². The Balaban J connectivity index is 1.40. The van der Waals surface area contributed by atoms with Gasteiger partial charge in [-0.3, -0.25) is 0 Å². The Kier molecular flexibility index (Phi) is 2.91. The van der Waals surface area contributed by atoms with Gasteiger partial charge in [-0.2, -0.15) is 0 Å². The predicted molar refractivity (Wildman–Crippen MR) is 75.3 cm³/mol. The van der Waals surface area contributed by atoms with Gasteiger partial charge in [0.1, 0.15) is 0 Å². The number of nitrogens with two attached hydrogens (primary N) is 1. The zero-order valence-corrected chi connectivity index (χ0v) is 11.7. The van der Waals surface area contributed by atoms with Gasteiger partial charge >= 0.3 is 0 Å². The van der Waals surface area contributed by atoms with Crippen LogP contribution < -0.4 is 5.73 Å². The van der Waals surface area contributed by atoms with E-state index in [1.807, 2.05) is 6.33 Å². The summed E-state index contributed by atoms with van der Waals surface area (Å²) in [5.74, 6) is 5.28. The largest absolute Gasteiger partial charge is 0.337 e. The first kappa shape index (κ1) is 12.0. The number of hydrogen-bond acceptors (Lipinski definition) is 2. The Hall–Kier alpha value is -0.830. The summed E-state index contributed by atoms with van der Waals surface area (Å²) < 4.78 is 2.24. The van der Waals surface area contributed by atoms with Gasteiger partial charge in [0.25, 0.3) is 0 Å². The van der Waals surface area contributed by atoms with Crippen molar-refractivity contribution in [1.29, 1.82) is 0 Å². The fourth-order valence-electron chi connectivity index (χ4n) is 5.44. The van der Waals surface area contributed by atoms with Gasteiger partial charge in [0.05, 0.1) is 12.0 Å². The van der Waals surface area contributed by atoms with Crippen molar-refractivity contribution >= 4 is 0 Å². The third-order valence-electron chi connectivity index (χ3n) is 6.04. The topological polar surface area (TPSA) is 43.8 Å². The van der Waals surface area contributed by atoms with E-state index in [4.69, 9.17) is 5.73 Å². The van der Waals surface area contributed by atoms with E-state index in [0.717, 1.165) is 41.8 Å². The Morgan fingerprint density at radius 2 is 1.79 bits per heavy atom. The Bertz CT molecular complexity index is 423. The third-order valence-corrected chi connectivity index (χ3v) is 6.04. The number of aromatic nitrogens is 2. The molecule has 2 N–H and O–H groups in total. The van der Waals surface area contributed by atoms with E-state index in [1.165, 1.54) is 32.1 Å². The van der Waals surface area contributed by atoms with E-state index in [9.17, 15) is 0 Å². The van der Waals surface area contributed by atoms with Gasteiger partial charge in [-0.25, -0.2) is 4.98 Å². The van der Waals surface area contributed by atoms with E-state index in [2.05, 4.69) is 15.7 Å². The highest BCUT2D eigenvalue weighted by atomic mass is 15.0. The smallest absolute Gasteiger partial charge is 0.0949 e. The molecule has 5 rings (SSSR count). The molecule has 3 heteroatoms.